The zero-order chi connectivity index (χ0) is 14.6. The van der Waals surface area contributed by atoms with E-state index in [1.807, 2.05) is 12.1 Å². The molecule has 0 spiro atoms. The molecule has 0 aliphatic heterocycles. The van der Waals surface area contributed by atoms with Crippen LogP contribution in [0.2, 0.25) is 0 Å². The minimum atomic E-state index is -0.213. The van der Waals surface area contributed by atoms with E-state index in [0.717, 1.165) is 18.0 Å². The second-order valence-electron chi connectivity index (χ2n) is 6.27. The van der Waals surface area contributed by atoms with Crippen molar-refractivity contribution in [1.29, 1.82) is 0 Å². The first kappa shape index (κ1) is 14.8. The maximum absolute atomic E-state index is 12.9. The van der Waals surface area contributed by atoms with Gasteiger partial charge < -0.3 is 11.1 Å². The highest BCUT2D eigenvalue weighted by Crippen LogP contribution is 2.25. The predicted molar refractivity (Wildman–Crippen MR) is 81.3 cm³/mol. The fraction of sp³-hybridized carbons (Fsp3) is 0.562. The number of halogens is 1. The van der Waals surface area contributed by atoms with E-state index in [1.165, 1.54) is 31.4 Å². The van der Waals surface area contributed by atoms with Gasteiger partial charge in [-0.25, -0.2) is 4.39 Å². The number of rotatable bonds is 5. The molecular weight excluding hydrogens is 253 g/mol. The summed E-state index contributed by atoms with van der Waals surface area (Å²) in [5.74, 6) is 1.05. The number of hydrogen-bond acceptors (Lipinski definition) is 1. The second kappa shape index (κ2) is 6.25. The van der Waals surface area contributed by atoms with E-state index in [4.69, 9.17) is 5.73 Å². The Kier molecular flexibility index (Phi) is 4.63. The minimum Gasteiger partial charge on any atom is -0.370 e. The Labute approximate surface area is 120 Å². The van der Waals surface area contributed by atoms with E-state index < -0.39 is 0 Å². The van der Waals surface area contributed by atoms with Crippen molar-refractivity contribution in [3.63, 3.8) is 0 Å². The molecule has 2 rings (SSSR count). The Balaban J connectivity index is 1.87. The van der Waals surface area contributed by atoms with Crippen LogP contribution >= 0.6 is 0 Å². The van der Waals surface area contributed by atoms with Crippen molar-refractivity contribution < 1.29 is 4.39 Å². The molecule has 1 aliphatic rings. The van der Waals surface area contributed by atoms with Crippen LogP contribution < -0.4 is 11.1 Å². The summed E-state index contributed by atoms with van der Waals surface area (Å²) in [6, 6.07) is 6.59. The van der Waals surface area contributed by atoms with Crippen LogP contribution in [0.15, 0.2) is 29.3 Å². The number of nitrogens with zero attached hydrogens (tertiary/aromatic N) is 1. The molecule has 3 nitrogen and oxygen atoms in total. The first-order valence-electron chi connectivity index (χ1n) is 7.27. The third-order valence-electron chi connectivity index (χ3n) is 4.07. The summed E-state index contributed by atoms with van der Waals surface area (Å²) in [6.45, 7) is 5.68. The number of aliphatic imine (C=N–C) groups is 1. The van der Waals surface area contributed by atoms with Crippen LogP contribution in [0.25, 0.3) is 0 Å². The molecule has 0 heterocycles. The lowest BCUT2D eigenvalue weighted by Crippen LogP contribution is -2.38. The van der Waals surface area contributed by atoms with Gasteiger partial charge in [0.15, 0.2) is 5.96 Å². The lowest BCUT2D eigenvalue weighted by Gasteiger charge is -2.26. The standard InChI is InChI=1S/C16H24FN3/c1-16(2,13-6-8-14(17)9-7-13)11-20-15(18)19-10-12-4-3-5-12/h6-9,12H,3-5,10-11H2,1-2H3,(H3,18,19,20). The topological polar surface area (TPSA) is 50.4 Å². The van der Waals surface area contributed by atoms with Crippen molar-refractivity contribution in [2.75, 3.05) is 13.1 Å². The minimum absolute atomic E-state index is 0.156. The van der Waals surface area contributed by atoms with E-state index in [0.29, 0.717) is 12.5 Å². The second-order valence-corrected chi connectivity index (χ2v) is 6.27. The van der Waals surface area contributed by atoms with E-state index in [-0.39, 0.29) is 11.2 Å². The third-order valence-corrected chi connectivity index (χ3v) is 4.07. The maximum atomic E-state index is 12.9. The lowest BCUT2D eigenvalue weighted by molar-refractivity contribution is 0.315. The van der Waals surface area contributed by atoms with Crippen molar-refractivity contribution in [2.24, 2.45) is 16.6 Å². The van der Waals surface area contributed by atoms with Gasteiger partial charge in [-0.15, -0.1) is 0 Å². The van der Waals surface area contributed by atoms with E-state index in [9.17, 15) is 4.39 Å². The molecule has 110 valence electrons. The van der Waals surface area contributed by atoms with Crippen LogP contribution in [0.4, 0.5) is 4.39 Å². The van der Waals surface area contributed by atoms with Gasteiger partial charge in [0.1, 0.15) is 5.82 Å². The zero-order valence-corrected chi connectivity index (χ0v) is 12.3. The molecule has 0 amide bonds. The number of hydrogen-bond donors (Lipinski definition) is 2. The molecule has 0 radical (unpaired) electrons. The molecular formula is C16H24FN3. The van der Waals surface area contributed by atoms with Gasteiger partial charge in [0.05, 0.1) is 6.54 Å². The average molecular weight is 277 g/mol. The highest BCUT2D eigenvalue weighted by atomic mass is 19.1. The summed E-state index contributed by atoms with van der Waals surface area (Å²) in [7, 11) is 0. The normalized spacial score (nSPS) is 16.9. The highest BCUT2D eigenvalue weighted by Gasteiger charge is 2.21. The Bertz CT molecular complexity index is 461. The Morgan fingerprint density at radius 2 is 2.00 bits per heavy atom. The third kappa shape index (κ3) is 3.95. The van der Waals surface area contributed by atoms with Crippen molar-refractivity contribution >= 4 is 5.96 Å². The molecule has 0 bridgehead atoms. The SMILES string of the molecule is CC(C)(CN=C(N)NCC1CCC1)c1ccc(F)cc1. The van der Waals surface area contributed by atoms with Gasteiger partial charge in [0.2, 0.25) is 0 Å². The van der Waals surface area contributed by atoms with Crippen molar-refractivity contribution in [3.8, 4) is 0 Å². The fourth-order valence-electron chi connectivity index (χ4n) is 2.28. The number of guanidine groups is 1. The highest BCUT2D eigenvalue weighted by molar-refractivity contribution is 5.77. The lowest BCUT2D eigenvalue weighted by atomic mass is 9.85. The molecule has 1 saturated carbocycles. The van der Waals surface area contributed by atoms with Crippen molar-refractivity contribution in [2.45, 2.75) is 38.5 Å². The first-order chi connectivity index (χ1) is 9.47. The van der Waals surface area contributed by atoms with Gasteiger partial charge in [0, 0.05) is 12.0 Å². The van der Waals surface area contributed by atoms with E-state index in [2.05, 4.69) is 24.2 Å². The largest absolute Gasteiger partial charge is 0.370 e. The number of nitrogens with two attached hydrogens (primary N) is 1. The van der Waals surface area contributed by atoms with Gasteiger partial charge in [-0.05, 0) is 36.5 Å². The Morgan fingerprint density at radius 3 is 2.55 bits per heavy atom. The molecule has 20 heavy (non-hydrogen) atoms. The van der Waals surface area contributed by atoms with Crippen LogP contribution in [0.1, 0.15) is 38.7 Å². The summed E-state index contributed by atoms with van der Waals surface area (Å²) in [4.78, 5) is 4.41. The number of benzene rings is 1. The van der Waals surface area contributed by atoms with Crippen LogP contribution in [-0.2, 0) is 5.41 Å². The summed E-state index contributed by atoms with van der Waals surface area (Å²) in [5, 5.41) is 3.19. The quantitative estimate of drug-likeness (QED) is 0.642. The smallest absolute Gasteiger partial charge is 0.188 e. The van der Waals surface area contributed by atoms with Gasteiger partial charge in [-0.1, -0.05) is 32.4 Å². The first-order valence-corrected chi connectivity index (χ1v) is 7.27. The van der Waals surface area contributed by atoms with Crippen LogP contribution in [0.3, 0.4) is 0 Å². The molecule has 1 aromatic carbocycles. The van der Waals surface area contributed by atoms with E-state index in [1.54, 1.807) is 0 Å². The average Bonchev–Trinajstić information content (AvgIpc) is 2.35. The molecule has 1 aromatic rings. The van der Waals surface area contributed by atoms with Crippen LogP contribution in [-0.4, -0.2) is 19.0 Å². The summed E-state index contributed by atoms with van der Waals surface area (Å²) in [6.07, 6.45) is 3.92. The summed E-state index contributed by atoms with van der Waals surface area (Å²) in [5.41, 5.74) is 6.80. The van der Waals surface area contributed by atoms with Gasteiger partial charge in [-0.3, -0.25) is 4.99 Å². The Morgan fingerprint density at radius 1 is 1.35 bits per heavy atom. The van der Waals surface area contributed by atoms with Crippen LogP contribution in [0.5, 0.6) is 0 Å². The van der Waals surface area contributed by atoms with Gasteiger partial charge >= 0.3 is 0 Å². The fourth-order valence-corrected chi connectivity index (χ4v) is 2.28. The molecule has 0 saturated heterocycles. The molecule has 1 fully saturated rings. The van der Waals surface area contributed by atoms with E-state index >= 15 is 0 Å². The Hall–Kier alpha value is -1.58. The zero-order valence-electron chi connectivity index (χ0n) is 12.3. The predicted octanol–water partition coefficient (Wildman–Crippen LogP) is 2.81. The molecule has 0 atom stereocenters. The number of nitrogens with one attached hydrogen (secondary N) is 1. The monoisotopic (exact) mass is 277 g/mol. The molecule has 0 unspecified atom stereocenters. The van der Waals surface area contributed by atoms with Crippen molar-refractivity contribution in [1.82, 2.24) is 5.32 Å². The van der Waals surface area contributed by atoms with Gasteiger partial charge in [-0.2, -0.15) is 0 Å². The van der Waals surface area contributed by atoms with Gasteiger partial charge in [0.25, 0.3) is 0 Å². The maximum Gasteiger partial charge on any atom is 0.188 e. The molecule has 0 aromatic heterocycles. The van der Waals surface area contributed by atoms with Crippen LogP contribution in [0, 0.1) is 11.7 Å². The molecule has 3 N–H and O–H groups in total. The summed E-state index contributed by atoms with van der Waals surface area (Å²) < 4.78 is 12.9. The molecule has 1 aliphatic carbocycles. The summed E-state index contributed by atoms with van der Waals surface area (Å²) >= 11 is 0. The molecule has 4 heteroatoms. The van der Waals surface area contributed by atoms with Crippen molar-refractivity contribution in [3.05, 3.63) is 35.6 Å².